The zero-order valence-electron chi connectivity index (χ0n) is 12.0. The fourth-order valence-electron chi connectivity index (χ4n) is 2.75. The average Bonchev–Trinajstić information content (AvgIpc) is 2.54. The Morgan fingerprint density at radius 1 is 1.29 bits per heavy atom. The van der Waals surface area contributed by atoms with Crippen molar-refractivity contribution < 1.29 is 14.3 Å². The molecule has 1 aliphatic rings. The van der Waals surface area contributed by atoms with Crippen LogP contribution in [0.1, 0.15) is 48.0 Å². The first-order valence-corrected chi connectivity index (χ1v) is 7.02. The summed E-state index contributed by atoms with van der Waals surface area (Å²) in [5.41, 5.74) is -0.145. The summed E-state index contributed by atoms with van der Waals surface area (Å²) in [6.07, 6.45) is 3.99. The van der Waals surface area contributed by atoms with E-state index in [0.29, 0.717) is 24.0 Å². The fourth-order valence-corrected chi connectivity index (χ4v) is 2.75. The van der Waals surface area contributed by atoms with E-state index in [1.165, 1.54) is 13.2 Å². The van der Waals surface area contributed by atoms with Crippen LogP contribution in [-0.4, -0.2) is 24.5 Å². The van der Waals surface area contributed by atoms with Crippen molar-refractivity contribution in [2.24, 2.45) is 0 Å². The number of nitrogens with zero attached hydrogens (tertiary/aromatic N) is 1. The fraction of sp³-hybridized carbons (Fsp3) is 0.438. The molecule has 110 valence electrons. The second-order valence-corrected chi connectivity index (χ2v) is 5.28. The third kappa shape index (κ3) is 3.22. The summed E-state index contributed by atoms with van der Waals surface area (Å²) in [6, 6.07) is 8.43. The summed E-state index contributed by atoms with van der Waals surface area (Å²) in [5, 5.41) is 11.7. The number of esters is 1. The molecule has 1 fully saturated rings. The van der Waals surface area contributed by atoms with Crippen LogP contribution in [0.15, 0.2) is 24.3 Å². The number of ether oxygens (including phenoxy) is 1. The second kappa shape index (κ2) is 6.40. The Balaban J connectivity index is 2.22. The molecular formula is C16H18N2O3. The van der Waals surface area contributed by atoms with E-state index in [4.69, 9.17) is 10.00 Å². The van der Waals surface area contributed by atoms with E-state index in [1.807, 2.05) is 6.07 Å². The summed E-state index contributed by atoms with van der Waals surface area (Å²) in [7, 11) is 1.33. The number of methoxy groups -OCH3 is 1. The molecule has 0 bridgehead atoms. The number of hydrogen-bond acceptors (Lipinski definition) is 4. The third-order valence-electron chi connectivity index (χ3n) is 3.89. The molecule has 5 heteroatoms. The molecule has 0 unspecified atom stereocenters. The molecule has 0 saturated heterocycles. The summed E-state index contributed by atoms with van der Waals surface area (Å²) in [5.74, 6) is -0.744. The van der Waals surface area contributed by atoms with Crippen molar-refractivity contribution in [3.8, 4) is 6.07 Å². The number of benzene rings is 1. The van der Waals surface area contributed by atoms with Gasteiger partial charge in [0.05, 0.1) is 18.7 Å². The molecule has 0 aliphatic heterocycles. The first kappa shape index (κ1) is 15.0. The first-order valence-electron chi connectivity index (χ1n) is 7.02. The molecule has 0 atom stereocenters. The van der Waals surface area contributed by atoms with E-state index in [1.54, 1.807) is 18.2 Å². The van der Waals surface area contributed by atoms with Crippen molar-refractivity contribution in [3.63, 3.8) is 0 Å². The van der Waals surface area contributed by atoms with Gasteiger partial charge in [0.1, 0.15) is 5.54 Å². The van der Waals surface area contributed by atoms with E-state index in [0.717, 1.165) is 19.3 Å². The molecule has 0 radical (unpaired) electrons. The molecule has 0 heterocycles. The molecule has 0 aromatic heterocycles. The Kier molecular flexibility index (Phi) is 4.59. The van der Waals surface area contributed by atoms with E-state index in [-0.39, 0.29) is 5.91 Å². The Labute approximate surface area is 123 Å². The van der Waals surface area contributed by atoms with E-state index < -0.39 is 11.5 Å². The third-order valence-corrected chi connectivity index (χ3v) is 3.89. The van der Waals surface area contributed by atoms with E-state index >= 15 is 0 Å². The predicted octanol–water partition coefficient (Wildman–Crippen LogP) is 2.16. The minimum Gasteiger partial charge on any atom is -0.467 e. The number of carbonyl (C=O) groups excluding carboxylic acids is 2. The summed E-state index contributed by atoms with van der Waals surface area (Å²) >= 11 is 0. The van der Waals surface area contributed by atoms with Gasteiger partial charge in [0.15, 0.2) is 0 Å². The van der Waals surface area contributed by atoms with Gasteiger partial charge >= 0.3 is 5.97 Å². The molecule has 21 heavy (non-hydrogen) atoms. The molecule has 1 N–H and O–H groups in total. The van der Waals surface area contributed by atoms with Crippen molar-refractivity contribution in [2.75, 3.05) is 7.11 Å². The standard InChI is InChI=1S/C16H18N2O3/c1-21-15(20)16(8-3-2-4-9-16)18-14(19)13-7-5-6-12(10-13)11-17/h5-7,10H,2-4,8-9H2,1H3,(H,18,19). The number of nitrogens with one attached hydrogen (secondary N) is 1. The van der Waals surface area contributed by atoms with Gasteiger partial charge in [-0.05, 0) is 31.0 Å². The van der Waals surface area contributed by atoms with Crippen LogP contribution in [0.4, 0.5) is 0 Å². The monoisotopic (exact) mass is 286 g/mol. The minimum absolute atomic E-state index is 0.348. The van der Waals surface area contributed by atoms with Crippen LogP contribution in [0.2, 0.25) is 0 Å². The number of hydrogen-bond donors (Lipinski definition) is 1. The Hall–Kier alpha value is -2.35. The maximum absolute atomic E-state index is 12.4. The summed E-state index contributed by atoms with van der Waals surface area (Å²) in [4.78, 5) is 24.5. The second-order valence-electron chi connectivity index (χ2n) is 5.28. The molecule has 1 aliphatic carbocycles. The van der Waals surface area contributed by atoms with Crippen molar-refractivity contribution in [1.29, 1.82) is 5.26 Å². The van der Waals surface area contributed by atoms with Crippen molar-refractivity contribution in [2.45, 2.75) is 37.6 Å². The van der Waals surface area contributed by atoms with Crippen LogP contribution in [0.5, 0.6) is 0 Å². The van der Waals surface area contributed by atoms with Gasteiger partial charge in [0, 0.05) is 5.56 Å². The molecule has 1 aromatic rings. The highest BCUT2D eigenvalue weighted by Gasteiger charge is 2.42. The van der Waals surface area contributed by atoms with Crippen LogP contribution >= 0.6 is 0 Å². The highest BCUT2D eigenvalue weighted by Crippen LogP contribution is 2.29. The molecule has 5 nitrogen and oxygen atoms in total. The Bertz CT molecular complexity index is 583. The lowest BCUT2D eigenvalue weighted by Gasteiger charge is -2.35. The molecule has 1 saturated carbocycles. The topological polar surface area (TPSA) is 79.2 Å². The van der Waals surface area contributed by atoms with Gasteiger partial charge in [-0.2, -0.15) is 5.26 Å². The van der Waals surface area contributed by atoms with Gasteiger partial charge < -0.3 is 10.1 Å². The number of carbonyl (C=O) groups is 2. The van der Waals surface area contributed by atoms with Gasteiger partial charge in [-0.3, -0.25) is 4.79 Å². The highest BCUT2D eigenvalue weighted by atomic mass is 16.5. The summed E-state index contributed by atoms with van der Waals surface area (Å²) < 4.78 is 4.87. The van der Waals surface area contributed by atoms with Crippen molar-refractivity contribution in [1.82, 2.24) is 5.32 Å². The lowest BCUT2D eigenvalue weighted by molar-refractivity contribution is -0.149. The number of amides is 1. The molecular weight excluding hydrogens is 268 g/mol. The normalized spacial score (nSPS) is 16.6. The number of rotatable bonds is 3. The largest absolute Gasteiger partial charge is 0.467 e. The lowest BCUT2D eigenvalue weighted by Crippen LogP contribution is -2.56. The Morgan fingerprint density at radius 3 is 2.62 bits per heavy atom. The smallest absolute Gasteiger partial charge is 0.331 e. The van der Waals surface area contributed by atoms with Crippen LogP contribution in [-0.2, 0) is 9.53 Å². The van der Waals surface area contributed by atoms with E-state index in [2.05, 4.69) is 5.32 Å². The van der Waals surface area contributed by atoms with Crippen LogP contribution in [0.3, 0.4) is 0 Å². The quantitative estimate of drug-likeness (QED) is 0.864. The summed E-state index contributed by atoms with van der Waals surface area (Å²) in [6.45, 7) is 0. The predicted molar refractivity (Wildman–Crippen MR) is 76.5 cm³/mol. The zero-order valence-corrected chi connectivity index (χ0v) is 12.0. The maximum Gasteiger partial charge on any atom is 0.331 e. The highest BCUT2D eigenvalue weighted by molar-refractivity contribution is 5.98. The van der Waals surface area contributed by atoms with Gasteiger partial charge in [-0.15, -0.1) is 0 Å². The van der Waals surface area contributed by atoms with E-state index in [9.17, 15) is 9.59 Å². The van der Waals surface area contributed by atoms with Gasteiger partial charge in [-0.25, -0.2) is 4.79 Å². The minimum atomic E-state index is -0.938. The van der Waals surface area contributed by atoms with Crippen LogP contribution in [0.25, 0.3) is 0 Å². The molecule has 1 aromatic carbocycles. The van der Waals surface area contributed by atoms with Gasteiger partial charge in [-0.1, -0.05) is 25.3 Å². The van der Waals surface area contributed by atoms with Gasteiger partial charge in [0.2, 0.25) is 0 Å². The molecule has 0 spiro atoms. The Morgan fingerprint density at radius 2 is 2.00 bits per heavy atom. The van der Waals surface area contributed by atoms with Crippen molar-refractivity contribution >= 4 is 11.9 Å². The van der Waals surface area contributed by atoms with Gasteiger partial charge in [0.25, 0.3) is 5.91 Å². The van der Waals surface area contributed by atoms with Crippen molar-refractivity contribution in [3.05, 3.63) is 35.4 Å². The number of nitriles is 1. The maximum atomic E-state index is 12.4. The SMILES string of the molecule is COC(=O)C1(NC(=O)c2cccc(C#N)c2)CCCCC1. The van der Waals surface area contributed by atoms with Crippen LogP contribution in [0, 0.1) is 11.3 Å². The first-order chi connectivity index (χ1) is 10.1. The van der Waals surface area contributed by atoms with Crippen LogP contribution < -0.4 is 5.32 Å². The zero-order chi connectivity index (χ0) is 15.3. The lowest BCUT2D eigenvalue weighted by atomic mass is 9.81. The molecule has 2 rings (SSSR count). The molecule has 1 amide bonds. The average molecular weight is 286 g/mol.